The minimum Gasteiger partial charge on any atom is -0.373 e. The van der Waals surface area contributed by atoms with Crippen molar-refractivity contribution in [2.45, 2.75) is 32.9 Å². The number of nitrogens with one attached hydrogen (secondary N) is 1. The highest BCUT2D eigenvalue weighted by Crippen LogP contribution is 2.21. The van der Waals surface area contributed by atoms with Crippen molar-refractivity contribution in [1.29, 1.82) is 0 Å². The standard InChI is InChI=1S/C12H17ClN6O/c1-7(2)19-12(20)10(13)9(5-15-19)16-8(3)11-17-14-6-18(11)4/h5-8,16H,1-4H3. The molecule has 0 fully saturated rings. The average Bonchev–Trinajstić information content (AvgIpc) is 2.81. The molecule has 0 radical (unpaired) electrons. The van der Waals surface area contributed by atoms with E-state index in [-0.39, 0.29) is 22.7 Å². The third-order valence-corrected chi connectivity index (χ3v) is 3.30. The van der Waals surface area contributed by atoms with E-state index in [1.165, 1.54) is 4.68 Å². The summed E-state index contributed by atoms with van der Waals surface area (Å²) < 4.78 is 3.15. The monoisotopic (exact) mass is 296 g/mol. The second kappa shape index (κ2) is 5.62. The highest BCUT2D eigenvalue weighted by molar-refractivity contribution is 6.32. The first-order chi connectivity index (χ1) is 9.41. The number of anilines is 1. The van der Waals surface area contributed by atoms with E-state index >= 15 is 0 Å². The van der Waals surface area contributed by atoms with Gasteiger partial charge in [0.1, 0.15) is 11.3 Å². The molecule has 8 heteroatoms. The van der Waals surface area contributed by atoms with Crippen LogP contribution in [0.1, 0.15) is 38.7 Å². The van der Waals surface area contributed by atoms with E-state index in [1.54, 1.807) is 17.1 Å². The number of hydrogen-bond donors (Lipinski definition) is 1. The second-order valence-electron chi connectivity index (χ2n) is 4.88. The number of halogens is 1. The zero-order valence-electron chi connectivity index (χ0n) is 11.8. The molecule has 7 nitrogen and oxygen atoms in total. The average molecular weight is 297 g/mol. The van der Waals surface area contributed by atoms with Gasteiger partial charge < -0.3 is 9.88 Å². The van der Waals surface area contributed by atoms with E-state index in [0.717, 1.165) is 5.82 Å². The number of rotatable bonds is 4. The van der Waals surface area contributed by atoms with Gasteiger partial charge in [0, 0.05) is 7.05 Å². The largest absolute Gasteiger partial charge is 0.373 e. The lowest BCUT2D eigenvalue weighted by molar-refractivity contribution is 0.503. The smallest absolute Gasteiger partial charge is 0.287 e. The number of aromatic nitrogens is 5. The Morgan fingerprint density at radius 2 is 2.05 bits per heavy atom. The summed E-state index contributed by atoms with van der Waals surface area (Å²) in [6.07, 6.45) is 3.17. The molecule has 2 aromatic rings. The Kier molecular flexibility index (Phi) is 4.08. The minimum atomic E-state index is -0.308. The zero-order valence-corrected chi connectivity index (χ0v) is 12.6. The Labute approximate surface area is 121 Å². The van der Waals surface area contributed by atoms with Crippen molar-refractivity contribution in [3.63, 3.8) is 0 Å². The predicted octanol–water partition coefficient (Wildman–Crippen LogP) is 1.78. The highest BCUT2D eigenvalue weighted by atomic mass is 35.5. The van der Waals surface area contributed by atoms with Crippen LogP contribution >= 0.6 is 11.6 Å². The molecular weight excluding hydrogens is 280 g/mol. The maximum absolute atomic E-state index is 12.1. The maximum Gasteiger partial charge on any atom is 0.287 e. The third-order valence-electron chi connectivity index (χ3n) is 2.94. The molecule has 0 aliphatic carbocycles. The Morgan fingerprint density at radius 3 is 2.60 bits per heavy atom. The van der Waals surface area contributed by atoms with Gasteiger partial charge >= 0.3 is 0 Å². The van der Waals surface area contributed by atoms with Crippen molar-refractivity contribution < 1.29 is 0 Å². The van der Waals surface area contributed by atoms with Crippen molar-refractivity contribution in [3.05, 3.63) is 33.7 Å². The molecule has 0 bridgehead atoms. The lowest BCUT2D eigenvalue weighted by Crippen LogP contribution is -2.26. The fourth-order valence-electron chi connectivity index (χ4n) is 1.90. The van der Waals surface area contributed by atoms with E-state index in [4.69, 9.17) is 11.6 Å². The number of hydrogen-bond acceptors (Lipinski definition) is 5. The van der Waals surface area contributed by atoms with E-state index in [9.17, 15) is 4.79 Å². The molecule has 1 N–H and O–H groups in total. The Morgan fingerprint density at radius 1 is 1.35 bits per heavy atom. The molecule has 2 rings (SSSR count). The van der Waals surface area contributed by atoms with Crippen LogP contribution in [0, 0.1) is 0 Å². The Bertz CT molecular complexity index is 662. The Hall–Kier alpha value is -1.89. The van der Waals surface area contributed by atoms with Crippen LogP contribution in [0.15, 0.2) is 17.3 Å². The molecule has 0 aliphatic heterocycles. The second-order valence-corrected chi connectivity index (χ2v) is 5.26. The Balaban J connectivity index is 2.29. The van der Waals surface area contributed by atoms with Gasteiger partial charge in [-0.15, -0.1) is 10.2 Å². The van der Waals surface area contributed by atoms with Gasteiger partial charge in [-0.3, -0.25) is 4.79 Å². The van der Waals surface area contributed by atoms with E-state index < -0.39 is 0 Å². The predicted molar refractivity (Wildman–Crippen MR) is 76.9 cm³/mol. The van der Waals surface area contributed by atoms with Crippen LogP contribution in [0.3, 0.4) is 0 Å². The first kappa shape index (κ1) is 14.5. The molecule has 2 heterocycles. The molecule has 0 aliphatic rings. The summed E-state index contributed by atoms with van der Waals surface area (Å²) in [5, 5.41) is 15.2. The molecule has 0 spiro atoms. The SMILES string of the molecule is CC(Nc1cnn(C(C)C)c(=O)c1Cl)c1nncn1C. The van der Waals surface area contributed by atoms with Crippen LogP contribution in [-0.4, -0.2) is 24.5 Å². The highest BCUT2D eigenvalue weighted by Gasteiger charge is 2.16. The van der Waals surface area contributed by atoms with E-state index in [1.807, 2.05) is 27.8 Å². The summed E-state index contributed by atoms with van der Waals surface area (Å²) in [6.45, 7) is 5.66. The van der Waals surface area contributed by atoms with Crippen LogP contribution in [0.5, 0.6) is 0 Å². The molecule has 0 aromatic carbocycles. The van der Waals surface area contributed by atoms with Gasteiger partial charge in [-0.05, 0) is 20.8 Å². The summed E-state index contributed by atoms with van der Waals surface area (Å²) in [4.78, 5) is 12.1. The topological polar surface area (TPSA) is 77.6 Å². The van der Waals surface area contributed by atoms with Crippen molar-refractivity contribution in [1.82, 2.24) is 24.5 Å². The lowest BCUT2D eigenvalue weighted by Gasteiger charge is -2.16. The summed E-state index contributed by atoms with van der Waals surface area (Å²) in [6, 6.07) is -0.179. The maximum atomic E-state index is 12.1. The van der Waals surface area contributed by atoms with Crippen molar-refractivity contribution in [2.24, 2.45) is 7.05 Å². The van der Waals surface area contributed by atoms with Crippen molar-refractivity contribution in [2.75, 3.05) is 5.32 Å². The summed E-state index contributed by atoms with van der Waals surface area (Å²) in [5.41, 5.74) is 0.181. The quantitative estimate of drug-likeness (QED) is 0.930. The molecule has 108 valence electrons. The molecule has 2 aromatic heterocycles. The van der Waals surface area contributed by atoms with Gasteiger partial charge in [-0.1, -0.05) is 11.6 Å². The first-order valence-corrected chi connectivity index (χ1v) is 6.67. The van der Waals surface area contributed by atoms with Crippen LogP contribution in [-0.2, 0) is 7.05 Å². The van der Waals surface area contributed by atoms with E-state index in [2.05, 4.69) is 20.6 Å². The molecule has 1 unspecified atom stereocenters. The van der Waals surface area contributed by atoms with Crippen LogP contribution < -0.4 is 10.9 Å². The van der Waals surface area contributed by atoms with E-state index in [0.29, 0.717) is 5.69 Å². The van der Waals surface area contributed by atoms with Crippen LogP contribution in [0.4, 0.5) is 5.69 Å². The molecular formula is C12H17ClN6O. The fraction of sp³-hybridized carbons (Fsp3) is 0.500. The van der Waals surface area contributed by atoms with Gasteiger partial charge in [0.25, 0.3) is 5.56 Å². The van der Waals surface area contributed by atoms with Gasteiger partial charge in [0.2, 0.25) is 0 Å². The molecule has 0 amide bonds. The zero-order chi connectivity index (χ0) is 14.9. The third kappa shape index (κ3) is 2.67. The summed E-state index contributed by atoms with van der Waals surface area (Å²) in [7, 11) is 1.85. The van der Waals surface area contributed by atoms with Crippen LogP contribution in [0.2, 0.25) is 5.02 Å². The van der Waals surface area contributed by atoms with Gasteiger partial charge in [0.15, 0.2) is 5.82 Å². The minimum absolute atomic E-state index is 0.0368. The van der Waals surface area contributed by atoms with Gasteiger partial charge in [0.05, 0.1) is 24.0 Å². The molecule has 0 saturated carbocycles. The van der Waals surface area contributed by atoms with Gasteiger partial charge in [-0.25, -0.2) is 4.68 Å². The van der Waals surface area contributed by atoms with Gasteiger partial charge in [-0.2, -0.15) is 5.10 Å². The van der Waals surface area contributed by atoms with Crippen LogP contribution in [0.25, 0.3) is 0 Å². The number of aryl methyl sites for hydroxylation is 1. The molecule has 0 saturated heterocycles. The van der Waals surface area contributed by atoms with Crippen molar-refractivity contribution >= 4 is 17.3 Å². The lowest BCUT2D eigenvalue weighted by atomic mass is 10.3. The normalized spacial score (nSPS) is 12.7. The molecule has 20 heavy (non-hydrogen) atoms. The fourth-order valence-corrected chi connectivity index (χ4v) is 2.09. The summed E-state index contributed by atoms with van der Waals surface area (Å²) >= 11 is 6.11. The first-order valence-electron chi connectivity index (χ1n) is 6.29. The number of nitrogens with zero attached hydrogens (tertiary/aromatic N) is 5. The molecule has 1 atom stereocenters. The summed E-state index contributed by atoms with van der Waals surface area (Å²) in [5.74, 6) is 0.745. The van der Waals surface area contributed by atoms with Crippen molar-refractivity contribution in [3.8, 4) is 0 Å².